The van der Waals surface area contributed by atoms with Crippen molar-refractivity contribution in [3.8, 4) is 11.4 Å². The third kappa shape index (κ3) is 2.55. The summed E-state index contributed by atoms with van der Waals surface area (Å²) in [5.41, 5.74) is 1.49. The van der Waals surface area contributed by atoms with Gasteiger partial charge in [-0.25, -0.2) is 19.7 Å². The van der Waals surface area contributed by atoms with E-state index in [9.17, 15) is 4.79 Å². The van der Waals surface area contributed by atoms with E-state index >= 15 is 0 Å². The van der Waals surface area contributed by atoms with Crippen LogP contribution in [0.25, 0.3) is 22.4 Å². The molecule has 0 N–H and O–H groups in total. The Morgan fingerprint density at radius 3 is 2.50 bits per heavy atom. The highest BCUT2D eigenvalue weighted by molar-refractivity contribution is 5.83. The Kier molecular flexibility index (Phi) is 3.82. The van der Waals surface area contributed by atoms with Crippen molar-refractivity contribution in [1.82, 2.24) is 15.0 Å². The van der Waals surface area contributed by atoms with Crippen molar-refractivity contribution < 1.29 is 4.42 Å². The monoisotopic (exact) mass is 296 g/mol. The summed E-state index contributed by atoms with van der Waals surface area (Å²) in [6.45, 7) is 5.98. The number of benzene rings is 1. The standard InChI is InChI=1S/C16H16N4O2/c1-3-20(4-2)12-6-5-11-7-13(15-18-9-17-10-19-15)16(21)22-14(11)8-12/h5-10H,3-4H2,1-2H3. The van der Waals surface area contributed by atoms with E-state index in [0.717, 1.165) is 24.2 Å². The van der Waals surface area contributed by atoms with Gasteiger partial charge in [0, 0.05) is 30.2 Å². The number of aromatic nitrogens is 3. The molecule has 0 aliphatic carbocycles. The van der Waals surface area contributed by atoms with Gasteiger partial charge in [-0.3, -0.25) is 0 Å². The van der Waals surface area contributed by atoms with Crippen LogP contribution in [0, 0.1) is 0 Å². The molecule has 0 radical (unpaired) electrons. The number of hydrogen-bond acceptors (Lipinski definition) is 6. The van der Waals surface area contributed by atoms with Gasteiger partial charge in [-0.2, -0.15) is 0 Å². The van der Waals surface area contributed by atoms with Crippen LogP contribution in [0.15, 0.2) is 46.1 Å². The fraction of sp³-hybridized carbons (Fsp3) is 0.250. The summed E-state index contributed by atoms with van der Waals surface area (Å²) < 4.78 is 5.44. The molecule has 1 aromatic carbocycles. The Morgan fingerprint density at radius 1 is 1.09 bits per heavy atom. The van der Waals surface area contributed by atoms with Crippen LogP contribution in [0.2, 0.25) is 0 Å². The molecule has 0 fully saturated rings. The number of hydrogen-bond donors (Lipinski definition) is 0. The second-order valence-corrected chi connectivity index (χ2v) is 4.80. The molecule has 2 heterocycles. The second kappa shape index (κ2) is 5.93. The lowest BCUT2D eigenvalue weighted by Gasteiger charge is -2.20. The van der Waals surface area contributed by atoms with E-state index in [1.807, 2.05) is 18.2 Å². The lowest BCUT2D eigenvalue weighted by Crippen LogP contribution is -2.21. The normalized spacial score (nSPS) is 10.8. The van der Waals surface area contributed by atoms with Crippen molar-refractivity contribution >= 4 is 16.7 Å². The largest absolute Gasteiger partial charge is 0.422 e. The van der Waals surface area contributed by atoms with Crippen molar-refractivity contribution in [3.63, 3.8) is 0 Å². The highest BCUT2D eigenvalue weighted by atomic mass is 16.4. The van der Waals surface area contributed by atoms with Gasteiger partial charge in [-0.15, -0.1) is 0 Å². The molecule has 0 unspecified atom stereocenters. The maximum absolute atomic E-state index is 12.2. The van der Waals surface area contributed by atoms with E-state index in [1.165, 1.54) is 12.7 Å². The van der Waals surface area contributed by atoms with Crippen LogP contribution >= 0.6 is 0 Å². The predicted molar refractivity (Wildman–Crippen MR) is 84.9 cm³/mol. The van der Waals surface area contributed by atoms with Gasteiger partial charge < -0.3 is 9.32 Å². The van der Waals surface area contributed by atoms with E-state index in [-0.39, 0.29) is 0 Å². The van der Waals surface area contributed by atoms with Crippen LogP contribution in [-0.2, 0) is 0 Å². The van der Waals surface area contributed by atoms with Crippen molar-refractivity contribution in [2.45, 2.75) is 13.8 Å². The summed E-state index contributed by atoms with van der Waals surface area (Å²) in [5, 5.41) is 0.839. The molecular formula is C16H16N4O2. The molecule has 0 saturated heterocycles. The molecule has 0 amide bonds. The average Bonchev–Trinajstić information content (AvgIpc) is 2.56. The number of nitrogens with zero attached hydrogens (tertiary/aromatic N) is 4. The molecule has 0 spiro atoms. The molecule has 112 valence electrons. The summed E-state index contributed by atoms with van der Waals surface area (Å²) in [7, 11) is 0. The van der Waals surface area contributed by atoms with Gasteiger partial charge in [0.05, 0.1) is 0 Å². The first-order valence-corrected chi connectivity index (χ1v) is 7.18. The Bertz CT molecular complexity index is 842. The van der Waals surface area contributed by atoms with Gasteiger partial charge in [0.15, 0.2) is 5.82 Å². The molecule has 2 aromatic heterocycles. The summed E-state index contributed by atoms with van der Waals surface area (Å²) in [6.07, 6.45) is 2.71. The summed E-state index contributed by atoms with van der Waals surface area (Å²) in [4.78, 5) is 26.1. The average molecular weight is 296 g/mol. The van der Waals surface area contributed by atoms with Crippen LogP contribution in [0.5, 0.6) is 0 Å². The molecule has 0 bridgehead atoms. The van der Waals surface area contributed by atoms with Crippen molar-refractivity contribution in [2.24, 2.45) is 0 Å². The molecule has 6 nitrogen and oxygen atoms in total. The van der Waals surface area contributed by atoms with Crippen LogP contribution in [0.4, 0.5) is 5.69 Å². The first kappa shape index (κ1) is 14.2. The number of fused-ring (bicyclic) bond motifs is 1. The van der Waals surface area contributed by atoms with Gasteiger partial charge >= 0.3 is 5.63 Å². The number of rotatable bonds is 4. The highest BCUT2D eigenvalue weighted by Gasteiger charge is 2.11. The maximum Gasteiger partial charge on any atom is 0.347 e. The summed E-state index contributed by atoms with van der Waals surface area (Å²) in [6, 6.07) is 7.60. The van der Waals surface area contributed by atoms with Gasteiger partial charge in [0.25, 0.3) is 0 Å². The van der Waals surface area contributed by atoms with E-state index in [0.29, 0.717) is 17.0 Å². The van der Waals surface area contributed by atoms with E-state index in [2.05, 4.69) is 33.7 Å². The number of anilines is 1. The van der Waals surface area contributed by atoms with Crippen molar-refractivity contribution in [3.05, 3.63) is 47.3 Å². The van der Waals surface area contributed by atoms with Crippen LogP contribution < -0.4 is 10.5 Å². The van der Waals surface area contributed by atoms with Crippen LogP contribution in [-0.4, -0.2) is 28.0 Å². The zero-order valence-electron chi connectivity index (χ0n) is 12.5. The summed E-state index contributed by atoms with van der Waals surface area (Å²) in [5.74, 6) is 0.318. The quantitative estimate of drug-likeness (QED) is 0.689. The lowest BCUT2D eigenvalue weighted by molar-refractivity contribution is 0.562. The first-order chi connectivity index (χ1) is 10.7. The summed E-state index contributed by atoms with van der Waals surface area (Å²) >= 11 is 0. The maximum atomic E-state index is 12.2. The molecule has 6 heteroatoms. The molecule has 22 heavy (non-hydrogen) atoms. The van der Waals surface area contributed by atoms with Gasteiger partial charge in [-0.05, 0) is 32.0 Å². The zero-order chi connectivity index (χ0) is 15.5. The Morgan fingerprint density at radius 2 is 1.82 bits per heavy atom. The van der Waals surface area contributed by atoms with Crippen LogP contribution in [0.3, 0.4) is 0 Å². The molecular weight excluding hydrogens is 280 g/mol. The molecule has 0 aliphatic heterocycles. The van der Waals surface area contributed by atoms with Gasteiger partial charge in [-0.1, -0.05) is 0 Å². The molecule has 0 aliphatic rings. The topological polar surface area (TPSA) is 72.1 Å². The minimum Gasteiger partial charge on any atom is -0.422 e. The van der Waals surface area contributed by atoms with Crippen LogP contribution in [0.1, 0.15) is 13.8 Å². The fourth-order valence-corrected chi connectivity index (χ4v) is 2.42. The van der Waals surface area contributed by atoms with Crippen molar-refractivity contribution in [1.29, 1.82) is 0 Å². The Balaban J connectivity index is 2.12. The zero-order valence-corrected chi connectivity index (χ0v) is 12.5. The third-order valence-electron chi connectivity index (χ3n) is 3.58. The van der Waals surface area contributed by atoms with E-state index in [1.54, 1.807) is 6.07 Å². The minimum atomic E-state index is -0.449. The van der Waals surface area contributed by atoms with Gasteiger partial charge in [0.2, 0.25) is 0 Å². The van der Waals surface area contributed by atoms with Crippen molar-refractivity contribution in [2.75, 3.05) is 18.0 Å². The Labute approximate surface area is 127 Å². The molecule has 3 rings (SSSR count). The second-order valence-electron chi connectivity index (χ2n) is 4.80. The lowest BCUT2D eigenvalue weighted by atomic mass is 10.1. The molecule has 0 atom stereocenters. The van der Waals surface area contributed by atoms with E-state index in [4.69, 9.17) is 4.42 Å². The highest BCUT2D eigenvalue weighted by Crippen LogP contribution is 2.23. The SMILES string of the molecule is CCN(CC)c1ccc2cc(-c3ncncn3)c(=O)oc2c1. The first-order valence-electron chi connectivity index (χ1n) is 7.18. The van der Waals surface area contributed by atoms with E-state index < -0.39 is 5.63 Å². The predicted octanol–water partition coefficient (Wildman–Crippen LogP) is 2.49. The minimum absolute atomic E-state index is 0.318. The third-order valence-corrected chi connectivity index (χ3v) is 3.58. The molecule has 0 saturated carbocycles. The Hall–Kier alpha value is -2.76. The molecule has 3 aromatic rings. The smallest absolute Gasteiger partial charge is 0.347 e. The fourth-order valence-electron chi connectivity index (χ4n) is 2.42. The van der Waals surface area contributed by atoms with Gasteiger partial charge in [0.1, 0.15) is 23.8 Å².